The molecule has 1 amide bonds. The first-order valence-electron chi connectivity index (χ1n) is 9.08. The molecule has 2 N–H and O–H groups in total. The second kappa shape index (κ2) is 7.93. The van der Waals surface area contributed by atoms with Crippen molar-refractivity contribution in [1.29, 1.82) is 0 Å². The Balaban J connectivity index is 1.67. The number of aromatic nitrogens is 1. The number of amides is 1. The molecule has 134 valence electrons. The maximum absolute atomic E-state index is 11.9. The Bertz CT molecular complexity index is 726. The minimum atomic E-state index is -0.488. The van der Waals surface area contributed by atoms with E-state index in [1.165, 1.54) is 5.56 Å². The second-order valence-corrected chi connectivity index (χ2v) is 7.18. The zero-order valence-corrected chi connectivity index (χ0v) is 15.0. The monoisotopic (exact) mass is 341 g/mol. The first-order chi connectivity index (χ1) is 12.0. The highest BCUT2D eigenvalue weighted by atomic mass is 16.3. The fourth-order valence-electron chi connectivity index (χ4n) is 3.35. The van der Waals surface area contributed by atoms with Gasteiger partial charge in [0.25, 0.3) is 0 Å². The van der Waals surface area contributed by atoms with E-state index in [0.29, 0.717) is 6.42 Å². The lowest BCUT2D eigenvalue weighted by Crippen LogP contribution is -2.44. The number of aliphatic hydroxyl groups excluding tert-OH is 1. The van der Waals surface area contributed by atoms with Crippen LogP contribution in [0.25, 0.3) is 10.9 Å². The normalized spacial score (nSPS) is 22.1. The quantitative estimate of drug-likeness (QED) is 0.896. The molecule has 0 radical (unpaired) electrons. The number of para-hydroxylation sites is 1. The molecule has 0 bridgehead atoms. The molecule has 5 nitrogen and oxygen atoms in total. The highest BCUT2D eigenvalue weighted by Gasteiger charge is 2.27. The number of hydrogen-bond donors (Lipinski definition) is 2. The van der Waals surface area contributed by atoms with E-state index < -0.39 is 6.10 Å². The van der Waals surface area contributed by atoms with Crippen LogP contribution in [0.4, 0.5) is 0 Å². The van der Waals surface area contributed by atoms with Gasteiger partial charge in [-0.2, -0.15) is 0 Å². The lowest BCUT2D eigenvalue weighted by atomic mass is 10.1. The SMILES string of the molecule is CC(C)C(=O)N[C@H]1CCN(Cc2cccc3cccnc23)CC[C@@H]1O. The number of aliphatic hydroxyl groups is 1. The lowest BCUT2D eigenvalue weighted by molar-refractivity contribution is -0.125. The van der Waals surface area contributed by atoms with E-state index in [-0.39, 0.29) is 17.9 Å². The van der Waals surface area contributed by atoms with Crippen LogP contribution in [0.1, 0.15) is 32.3 Å². The molecule has 1 saturated heterocycles. The van der Waals surface area contributed by atoms with Gasteiger partial charge in [0.15, 0.2) is 0 Å². The Labute approximate surface area is 149 Å². The number of likely N-dealkylation sites (tertiary alicyclic amines) is 1. The van der Waals surface area contributed by atoms with E-state index in [1.807, 2.05) is 26.1 Å². The van der Waals surface area contributed by atoms with Gasteiger partial charge in [-0.05, 0) is 24.5 Å². The molecular weight excluding hydrogens is 314 g/mol. The van der Waals surface area contributed by atoms with Crippen LogP contribution < -0.4 is 5.32 Å². The van der Waals surface area contributed by atoms with Crippen molar-refractivity contribution in [3.63, 3.8) is 0 Å². The van der Waals surface area contributed by atoms with Crippen molar-refractivity contribution < 1.29 is 9.90 Å². The zero-order chi connectivity index (χ0) is 17.8. The molecule has 1 aromatic heterocycles. The fraction of sp³-hybridized carbons (Fsp3) is 0.500. The smallest absolute Gasteiger partial charge is 0.222 e. The molecule has 5 heteroatoms. The summed E-state index contributed by atoms with van der Waals surface area (Å²) in [6.45, 7) is 6.23. The van der Waals surface area contributed by atoms with Crippen molar-refractivity contribution in [2.45, 2.75) is 45.4 Å². The van der Waals surface area contributed by atoms with Gasteiger partial charge in [0, 0.05) is 37.1 Å². The molecule has 2 aromatic rings. The predicted molar refractivity (Wildman–Crippen MR) is 99.0 cm³/mol. The average Bonchev–Trinajstić information content (AvgIpc) is 2.78. The van der Waals surface area contributed by atoms with Gasteiger partial charge in [0.2, 0.25) is 5.91 Å². The summed E-state index contributed by atoms with van der Waals surface area (Å²) in [6, 6.07) is 10.1. The van der Waals surface area contributed by atoms with Crippen molar-refractivity contribution >= 4 is 16.8 Å². The van der Waals surface area contributed by atoms with E-state index in [1.54, 1.807) is 0 Å². The third-order valence-corrected chi connectivity index (χ3v) is 4.92. The largest absolute Gasteiger partial charge is 0.391 e. The summed E-state index contributed by atoms with van der Waals surface area (Å²) >= 11 is 0. The topological polar surface area (TPSA) is 65.5 Å². The van der Waals surface area contributed by atoms with Crippen LogP contribution in [0.5, 0.6) is 0 Å². The summed E-state index contributed by atoms with van der Waals surface area (Å²) in [5.74, 6) is -0.0518. The third kappa shape index (κ3) is 4.35. The second-order valence-electron chi connectivity index (χ2n) is 7.18. The van der Waals surface area contributed by atoms with Gasteiger partial charge >= 0.3 is 0 Å². The predicted octanol–water partition coefficient (Wildman–Crippen LogP) is 2.33. The number of carbonyl (C=O) groups is 1. The van der Waals surface area contributed by atoms with Crippen molar-refractivity contribution in [1.82, 2.24) is 15.2 Å². The maximum Gasteiger partial charge on any atom is 0.222 e. The molecule has 1 fully saturated rings. The van der Waals surface area contributed by atoms with E-state index in [9.17, 15) is 9.90 Å². The maximum atomic E-state index is 11.9. The van der Waals surface area contributed by atoms with Crippen LogP contribution >= 0.6 is 0 Å². The molecule has 3 rings (SSSR count). The molecule has 0 unspecified atom stereocenters. The van der Waals surface area contributed by atoms with Gasteiger partial charge in [-0.25, -0.2) is 0 Å². The molecule has 1 aromatic carbocycles. The lowest BCUT2D eigenvalue weighted by Gasteiger charge is -2.22. The summed E-state index contributed by atoms with van der Waals surface area (Å²) in [5.41, 5.74) is 2.25. The van der Waals surface area contributed by atoms with Gasteiger partial charge in [0.1, 0.15) is 0 Å². The number of nitrogens with one attached hydrogen (secondary N) is 1. The Morgan fingerprint density at radius 2 is 2.04 bits per heavy atom. The van der Waals surface area contributed by atoms with E-state index in [4.69, 9.17) is 0 Å². The van der Waals surface area contributed by atoms with Crippen LogP contribution in [0.3, 0.4) is 0 Å². The van der Waals surface area contributed by atoms with Gasteiger partial charge < -0.3 is 10.4 Å². The Morgan fingerprint density at radius 1 is 1.28 bits per heavy atom. The van der Waals surface area contributed by atoms with Crippen molar-refractivity contribution in [3.8, 4) is 0 Å². The van der Waals surface area contributed by atoms with E-state index in [0.717, 1.165) is 37.0 Å². The van der Waals surface area contributed by atoms with Gasteiger partial charge in [-0.15, -0.1) is 0 Å². The number of carbonyl (C=O) groups excluding carboxylic acids is 1. The summed E-state index contributed by atoms with van der Waals surface area (Å²) < 4.78 is 0. The standard InChI is InChI=1S/C20H27N3O2/c1-14(2)20(25)22-17-8-11-23(12-9-18(17)24)13-16-6-3-5-15-7-4-10-21-19(15)16/h3-7,10,14,17-18,24H,8-9,11-13H2,1-2H3,(H,22,25)/t17-,18-/m0/s1. The summed E-state index contributed by atoms with van der Waals surface area (Å²) in [6.07, 6.45) is 2.77. The molecule has 0 saturated carbocycles. The van der Waals surface area contributed by atoms with Crippen molar-refractivity contribution in [2.24, 2.45) is 5.92 Å². The average molecular weight is 341 g/mol. The van der Waals surface area contributed by atoms with Gasteiger partial charge in [-0.3, -0.25) is 14.7 Å². The molecule has 2 heterocycles. The molecule has 0 spiro atoms. The zero-order valence-electron chi connectivity index (χ0n) is 15.0. The summed E-state index contributed by atoms with van der Waals surface area (Å²) in [4.78, 5) is 18.8. The van der Waals surface area contributed by atoms with Gasteiger partial charge in [0.05, 0.1) is 17.7 Å². The molecule has 2 atom stereocenters. The first-order valence-corrected chi connectivity index (χ1v) is 9.08. The Kier molecular flexibility index (Phi) is 5.66. The van der Waals surface area contributed by atoms with E-state index in [2.05, 4.69) is 39.5 Å². The van der Waals surface area contributed by atoms with Crippen molar-refractivity contribution in [3.05, 3.63) is 42.1 Å². The fourth-order valence-corrected chi connectivity index (χ4v) is 3.35. The van der Waals surface area contributed by atoms with E-state index >= 15 is 0 Å². The molecular formula is C20H27N3O2. The Hall–Kier alpha value is -1.98. The minimum absolute atomic E-state index is 0.00996. The van der Waals surface area contributed by atoms with Crippen LogP contribution in [-0.4, -0.2) is 46.1 Å². The number of rotatable bonds is 4. The van der Waals surface area contributed by atoms with Gasteiger partial charge in [-0.1, -0.05) is 38.1 Å². The highest BCUT2D eigenvalue weighted by molar-refractivity contribution is 5.81. The molecule has 0 aliphatic carbocycles. The molecule has 1 aliphatic rings. The number of nitrogens with zero attached hydrogens (tertiary/aromatic N) is 2. The van der Waals surface area contributed by atoms with Crippen LogP contribution in [0.2, 0.25) is 0 Å². The summed E-state index contributed by atoms with van der Waals surface area (Å²) in [5, 5.41) is 14.5. The van der Waals surface area contributed by atoms with Crippen LogP contribution in [0.15, 0.2) is 36.5 Å². The number of pyridine rings is 1. The Morgan fingerprint density at radius 3 is 2.84 bits per heavy atom. The number of benzene rings is 1. The highest BCUT2D eigenvalue weighted by Crippen LogP contribution is 2.20. The molecule has 1 aliphatic heterocycles. The molecule has 25 heavy (non-hydrogen) atoms. The van der Waals surface area contributed by atoms with Crippen LogP contribution in [0, 0.1) is 5.92 Å². The number of fused-ring (bicyclic) bond motifs is 1. The minimum Gasteiger partial charge on any atom is -0.391 e. The summed E-state index contributed by atoms with van der Waals surface area (Å²) in [7, 11) is 0. The van der Waals surface area contributed by atoms with Crippen molar-refractivity contribution in [2.75, 3.05) is 13.1 Å². The number of hydrogen-bond acceptors (Lipinski definition) is 4. The third-order valence-electron chi connectivity index (χ3n) is 4.92. The first kappa shape index (κ1) is 17.8. The van der Waals surface area contributed by atoms with Crippen LogP contribution in [-0.2, 0) is 11.3 Å².